The van der Waals surface area contributed by atoms with Gasteiger partial charge in [-0.2, -0.15) is 0 Å². The third kappa shape index (κ3) is 2.25. The molecular formula is C18H17N. The fourth-order valence-electron chi connectivity index (χ4n) is 2.48. The third-order valence-corrected chi connectivity index (χ3v) is 3.59. The van der Waals surface area contributed by atoms with E-state index >= 15 is 0 Å². The van der Waals surface area contributed by atoms with Crippen LogP contribution in [0.3, 0.4) is 0 Å². The fourth-order valence-corrected chi connectivity index (χ4v) is 2.48. The van der Waals surface area contributed by atoms with Gasteiger partial charge in [0.15, 0.2) is 0 Å². The first-order valence-corrected chi connectivity index (χ1v) is 6.55. The molecule has 0 bridgehead atoms. The Balaban J connectivity index is 2.11. The predicted molar refractivity (Wildman–Crippen MR) is 81.2 cm³/mol. The number of nitrogens with two attached hydrogens (primary N) is 1. The average Bonchev–Trinajstić information content (AvgIpc) is 2.47. The number of rotatable bonds is 2. The summed E-state index contributed by atoms with van der Waals surface area (Å²) in [5.41, 5.74) is 10.0. The van der Waals surface area contributed by atoms with Crippen LogP contribution in [0.15, 0.2) is 66.7 Å². The molecule has 3 aromatic rings. The van der Waals surface area contributed by atoms with Crippen LogP contribution in [0.2, 0.25) is 0 Å². The van der Waals surface area contributed by atoms with E-state index in [-0.39, 0.29) is 6.04 Å². The Hall–Kier alpha value is -2.12. The van der Waals surface area contributed by atoms with E-state index < -0.39 is 0 Å². The first-order chi connectivity index (χ1) is 9.25. The molecule has 0 heterocycles. The standard InChI is InChI=1S/C18H17N/c1-13-9-11-15(12-10-13)18(19)17-8-4-6-14-5-2-3-7-16(14)17/h2-12,18H,19H2,1H3. The van der Waals surface area contributed by atoms with Crippen LogP contribution < -0.4 is 5.73 Å². The quantitative estimate of drug-likeness (QED) is 0.721. The van der Waals surface area contributed by atoms with Gasteiger partial charge in [0, 0.05) is 0 Å². The smallest absolute Gasteiger partial charge is 0.0557 e. The second-order valence-corrected chi connectivity index (χ2v) is 4.96. The van der Waals surface area contributed by atoms with Crippen molar-refractivity contribution < 1.29 is 0 Å². The molecule has 1 atom stereocenters. The molecule has 3 aromatic carbocycles. The van der Waals surface area contributed by atoms with Gasteiger partial charge in [-0.1, -0.05) is 72.3 Å². The van der Waals surface area contributed by atoms with Crippen molar-refractivity contribution in [3.05, 3.63) is 83.4 Å². The van der Waals surface area contributed by atoms with Gasteiger partial charge < -0.3 is 5.73 Å². The maximum atomic E-state index is 6.43. The molecule has 0 aliphatic heterocycles. The van der Waals surface area contributed by atoms with Crippen LogP contribution in [0, 0.1) is 6.92 Å². The van der Waals surface area contributed by atoms with Gasteiger partial charge in [0.05, 0.1) is 6.04 Å². The molecule has 0 aromatic heterocycles. The summed E-state index contributed by atoms with van der Waals surface area (Å²) in [6.07, 6.45) is 0. The summed E-state index contributed by atoms with van der Waals surface area (Å²) >= 11 is 0. The fraction of sp³-hybridized carbons (Fsp3) is 0.111. The van der Waals surface area contributed by atoms with Crippen LogP contribution in [0.1, 0.15) is 22.7 Å². The first-order valence-electron chi connectivity index (χ1n) is 6.55. The van der Waals surface area contributed by atoms with E-state index in [0.717, 1.165) is 5.56 Å². The Morgan fingerprint density at radius 2 is 1.47 bits per heavy atom. The Morgan fingerprint density at radius 3 is 2.26 bits per heavy atom. The minimum Gasteiger partial charge on any atom is -0.320 e. The van der Waals surface area contributed by atoms with E-state index in [9.17, 15) is 0 Å². The minimum absolute atomic E-state index is 0.0771. The van der Waals surface area contributed by atoms with Crippen molar-refractivity contribution in [1.82, 2.24) is 0 Å². The summed E-state index contributed by atoms with van der Waals surface area (Å²) in [6, 6.07) is 23.1. The highest BCUT2D eigenvalue weighted by Crippen LogP contribution is 2.27. The number of hydrogen-bond acceptors (Lipinski definition) is 1. The van der Waals surface area contributed by atoms with Gasteiger partial charge in [-0.05, 0) is 28.8 Å². The minimum atomic E-state index is -0.0771. The van der Waals surface area contributed by atoms with E-state index in [0.29, 0.717) is 0 Å². The molecule has 3 rings (SSSR count). The molecule has 0 spiro atoms. The lowest BCUT2D eigenvalue weighted by Gasteiger charge is -2.15. The second-order valence-electron chi connectivity index (χ2n) is 4.96. The van der Waals surface area contributed by atoms with Gasteiger partial charge in [-0.3, -0.25) is 0 Å². The molecule has 1 nitrogen and oxygen atoms in total. The van der Waals surface area contributed by atoms with E-state index in [2.05, 4.69) is 73.7 Å². The van der Waals surface area contributed by atoms with Crippen LogP contribution in [0.4, 0.5) is 0 Å². The normalized spacial score (nSPS) is 12.5. The zero-order valence-electron chi connectivity index (χ0n) is 11.0. The molecule has 0 saturated heterocycles. The lowest BCUT2D eigenvalue weighted by atomic mass is 9.94. The Labute approximate surface area is 113 Å². The van der Waals surface area contributed by atoms with Gasteiger partial charge >= 0.3 is 0 Å². The monoisotopic (exact) mass is 247 g/mol. The summed E-state index contributed by atoms with van der Waals surface area (Å²) in [4.78, 5) is 0. The zero-order valence-corrected chi connectivity index (χ0v) is 11.0. The van der Waals surface area contributed by atoms with Crippen LogP contribution in [0.25, 0.3) is 10.8 Å². The first kappa shape index (κ1) is 11.9. The van der Waals surface area contributed by atoms with Gasteiger partial charge in [-0.25, -0.2) is 0 Å². The van der Waals surface area contributed by atoms with Crippen LogP contribution in [0.5, 0.6) is 0 Å². The molecule has 1 heteroatoms. The molecule has 0 aliphatic rings. The Bertz CT molecular complexity index is 693. The van der Waals surface area contributed by atoms with E-state index in [4.69, 9.17) is 5.73 Å². The summed E-state index contributed by atoms with van der Waals surface area (Å²) in [6.45, 7) is 2.09. The maximum Gasteiger partial charge on any atom is 0.0557 e. The van der Waals surface area contributed by atoms with Crippen LogP contribution in [-0.2, 0) is 0 Å². The van der Waals surface area contributed by atoms with Gasteiger partial charge in [0.25, 0.3) is 0 Å². The summed E-state index contributed by atoms with van der Waals surface area (Å²) in [7, 11) is 0. The van der Waals surface area contributed by atoms with E-state index in [1.54, 1.807) is 0 Å². The molecule has 0 fully saturated rings. The van der Waals surface area contributed by atoms with E-state index in [1.807, 2.05) is 0 Å². The van der Waals surface area contributed by atoms with Crippen molar-refractivity contribution in [2.75, 3.05) is 0 Å². The number of aryl methyl sites for hydroxylation is 1. The molecule has 0 radical (unpaired) electrons. The molecule has 1 unspecified atom stereocenters. The van der Waals surface area contributed by atoms with Gasteiger partial charge in [-0.15, -0.1) is 0 Å². The highest BCUT2D eigenvalue weighted by molar-refractivity contribution is 5.86. The topological polar surface area (TPSA) is 26.0 Å². The van der Waals surface area contributed by atoms with Crippen molar-refractivity contribution in [3.8, 4) is 0 Å². The lowest BCUT2D eigenvalue weighted by molar-refractivity contribution is 0.880. The molecule has 0 amide bonds. The van der Waals surface area contributed by atoms with Crippen molar-refractivity contribution in [2.45, 2.75) is 13.0 Å². The molecule has 0 aliphatic carbocycles. The van der Waals surface area contributed by atoms with Gasteiger partial charge in [0.2, 0.25) is 0 Å². The number of hydrogen-bond donors (Lipinski definition) is 1. The van der Waals surface area contributed by atoms with Crippen LogP contribution in [-0.4, -0.2) is 0 Å². The maximum absolute atomic E-state index is 6.43. The third-order valence-electron chi connectivity index (χ3n) is 3.59. The Morgan fingerprint density at radius 1 is 0.789 bits per heavy atom. The highest BCUT2D eigenvalue weighted by Gasteiger charge is 2.11. The number of fused-ring (bicyclic) bond motifs is 1. The van der Waals surface area contributed by atoms with Gasteiger partial charge in [0.1, 0.15) is 0 Å². The Kier molecular flexibility index (Phi) is 3.06. The van der Waals surface area contributed by atoms with Crippen molar-refractivity contribution in [2.24, 2.45) is 5.73 Å². The van der Waals surface area contributed by atoms with Crippen molar-refractivity contribution in [3.63, 3.8) is 0 Å². The highest BCUT2D eigenvalue weighted by atomic mass is 14.6. The zero-order chi connectivity index (χ0) is 13.2. The van der Waals surface area contributed by atoms with Crippen molar-refractivity contribution in [1.29, 1.82) is 0 Å². The summed E-state index contributed by atoms with van der Waals surface area (Å²) < 4.78 is 0. The van der Waals surface area contributed by atoms with Crippen molar-refractivity contribution >= 4 is 10.8 Å². The molecular weight excluding hydrogens is 230 g/mol. The van der Waals surface area contributed by atoms with Crippen LogP contribution >= 0.6 is 0 Å². The summed E-state index contributed by atoms with van der Waals surface area (Å²) in [5, 5.41) is 2.47. The lowest BCUT2D eigenvalue weighted by Crippen LogP contribution is -2.12. The second kappa shape index (κ2) is 4.87. The average molecular weight is 247 g/mol. The molecule has 2 N–H and O–H groups in total. The molecule has 0 saturated carbocycles. The molecule has 94 valence electrons. The number of benzene rings is 3. The molecule has 19 heavy (non-hydrogen) atoms. The SMILES string of the molecule is Cc1ccc(C(N)c2cccc3ccccc23)cc1. The largest absolute Gasteiger partial charge is 0.320 e. The summed E-state index contributed by atoms with van der Waals surface area (Å²) in [5.74, 6) is 0. The van der Waals surface area contributed by atoms with E-state index in [1.165, 1.54) is 21.9 Å². The predicted octanol–water partition coefficient (Wildman–Crippen LogP) is 4.20.